The number of benzene rings is 1. The van der Waals surface area contributed by atoms with Gasteiger partial charge in [-0.15, -0.1) is 0 Å². The molecule has 7 heteroatoms. The van der Waals surface area contributed by atoms with Crippen LogP contribution >= 0.6 is 0 Å². The molecule has 0 radical (unpaired) electrons. The highest BCUT2D eigenvalue weighted by molar-refractivity contribution is 5.97. The summed E-state index contributed by atoms with van der Waals surface area (Å²) in [6.07, 6.45) is 8.00. The summed E-state index contributed by atoms with van der Waals surface area (Å²) in [5.74, 6) is -0.102. The number of hydrogen-bond donors (Lipinski definition) is 2. The van der Waals surface area contributed by atoms with Gasteiger partial charge in [0.1, 0.15) is 6.04 Å². The highest BCUT2D eigenvalue weighted by Gasteiger charge is 2.21. The van der Waals surface area contributed by atoms with Crippen molar-refractivity contribution in [2.75, 3.05) is 25.5 Å². The van der Waals surface area contributed by atoms with Crippen LogP contribution in [0.1, 0.15) is 47.6 Å². The number of likely N-dealkylation sites (tertiary alicyclic amines) is 1. The quantitative estimate of drug-likeness (QED) is 0.848. The lowest BCUT2D eigenvalue weighted by molar-refractivity contribution is -0.118. The van der Waals surface area contributed by atoms with Crippen LogP contribution in [0.15, 0.2) is 36.7 Å². The number of rotatable bonds is 5. The minimum atomic E-state index is -0.489. The molecule has 7 nitrogen and oxygen atoms in total. The first kappa shape index (κ1) is 19.1. The molecule has 1 unspecified atom stereocenters. The van der Waals surface area contributed by atoms with E-state index in [1.807, 2.05) is 18.1 Å². The first-order chi connectivity index (χ1) is 13.1. The lowest BCUT2D eigenvalue weighted by Crippen LogP contribution is -2.32. The normalized spacial score (nSPS) is 15.9. The number of carbonyl (C=O) groups is 2. The van der Waals surface area contributed by atoms with Gasteiger partial charge in [0.05, 0.1) is 6.20 Å². The van der Waals surface area contributed by atoms with E-state index in [1.54, 1.807) is 42.2 Å². The van der Waals surface area contributed by atoms with Crippen molar-refractivity contribution in [3.05, 3.63) is 47.8 Å². The van der Waals surface area contributed by atoms with Crippen LogP contribution in [0.4, 0.5) is 5.69 Å². The van der Waals surface area contributed by atoms with Gasteiger partial charge in [-0.3, -0.25) is 14.3 Å². The maximum Gasteiger partial charge on any atom is 0.253 e. The third kappa shape index (κ3) is 4.74. The van der Waals surface area contributed by atoms with Crippen LogP contribution in [-0.4, -0.2) is 46.6 Å². The van der Waals surface area contributed by atoms with E-state index in [4.69, 9.17) is 0 Å². The molecule has 1 fully saturated rings. The zero-order valence-corrected chi connectivity index (χ0v) is 15.9. The molecule has 144 valence electrons. The zero-order valence-electron chi connectivity index (χ0n) is 15.9. The Bertz CT molecular complexity index is 776. The summed E-state index contributed by atoms with van der Waals surface area (Å²) in [5.41, 5.74) is 2.12. The average molecular weight is 369 g/mol. The SMILES string of the molecule is CNC(C(=O)Nc1ccc(C(=O)N2CCCCCC2)cc1)c1cnn(C)c1. The van der Waals surface area contributed by atoms with Crippen molar-refractivity contribution in [3.63, 3.8) is 0 Å². The van der Waals surface area contributed by atoms with Crippen molar-refractivity contribution in [1.29, 1.82) is 0 Å². The fourth-order valence-electron chi connectivity index (χ4n) is 3.41. The number of aryl methyl sites for hydroxylation is 1. The van der Waals surface area contributed by atoms with Gasteiger partial charge < -0.3 is 15.5 Å². The van der Waals surface area contributed by atoms with E-state index < -0.39 is 6.04 Å². The van der Waals surface area contributed by atoms with Gasteiger partial charge in [0.25, 0.3) is 5.91 Å². The Hall–Kier alpha value is -2.67. The number of anilines is 1. The van der Waals surface area contributed by atoms with Crippen molar-refractivity contribution in [3.8, 4) is 0 Å². The molecule has 0 saturated carbocycles. The molecular weight excluding hydrogens is 342 g/mol. The molecule has 2 amide bonds. The predicted molar refractivity (Wildman–Crippen MR) is 104 cm³/mol. The molecule has 2 N–H and O–H groups in total. The van der Waals surface area contributed by atoms with E-state index in [2.05, 4.69) is 15.7 Å². The highest BCUT2D eigenvalue weighted by Crippen LogP contribution is 2.18. The third-order valence-electron chi connectivity index (χ3n) is 4.90. The number of likely N-dealkylation sites (N-methyl/N-ethyl adjacent to an activating group) is 1. The van der Waals surface area contributed by atoms with Crippen LogP contribution < -0.4 is 10.6 Å². The number of carbonyl (C=O) groups excluding carboxylic acids is 2. The smallest absolute Gasteiger partial charge is 0.253 e. The fourth-order valence-corrected chi connectivity index (χ4v) is 3.41. The first-order valence-electron chi connectivity index (χ1n) is 9.44. The second kappa shape index (κ2) is 8.81. The van der Waals surface area contributed by atoms with Crippen molar-refractivity contribution >= 4 is 17.5 Å². The van der Waals surface area contributed by atoms with Crippen molar-refractivity contribution in [2.24, 2.45) is 7.05 Å². The first-order valence-corrected chi connectivity index (χ1v) is 9.44. The van der Waals surface area contributed by atoms with Crippen LogP contribution in [0.25, 0.3) is 0 Å². The molecule has 1 aliphatic rings. The summed E-state index contributed by atoms with van der Waals surface area (Å²) in [5, 5.41) is 10.0. The van der Waals surface area contributed by atoms with E-state index >= 15 is 0 Å². The van der Waals surface area contributed by atoms with Gasteiger partial charge in [0.2, 0.25) is 5.91 Å². The number of nitrogens with one attached hydrogen (secondary N) is 2. The van der Waals surface area contributed by atoms with Crippen LogP contribution in [0, 0.1) is 0 Å². The predicted octanol–water partition coefficient (Wildman–Crippen LogP) is 2.34. The fraction of sp³-hybridized carbons (Fsp3) is 0.450. The van der Waals surface area contributed by atoms with Crippen molar-refractivity contribution < 1.29 is 9.59 Å². The van der Waals surface area contributed by atoms with E-state index in [-0.39, 0.29) is 11.8 Å². The largest absolute Gasteiger partial charge is 0.339 e. The number of nitrogens with zero attached hydrogens (tertiary/aromatic N) is 3. The Labute approximate surface area is 159 Å². The van der Waals surface area contributed by atoms with E-state index in [0.29, 0.717) is 11.3 Å². The Balaban J connectivity index is 1.64. The summed E-state index contributed by atoms with van der Waals surface area (Å²) in [4.78, 5) is 27.1. The Kier molecular flexibility index (Phi) is 6.24. The second-order valence-electron chi connectivity index (χ2n) is 6.94. The number of aromatic nitrogens is 2. The van der Waals surface area contributed by atoms with E-state index in [1.165, 1.54) is 12.8 Å². The van der Waals surface area contributed by atoms with Gasteiger partial charge in [-0.2, -0.15) is 5.10 Å². The maximum absolute atomic E-state index is 12.6. The van der Waals surface area contributed by atoms with Gasteiger partial charge in [-0.1, -0.05) is 12.8 Å². The second-order valence-corrected chi connectivity index (χ2v) is 6.94. The molecule has 0 spiro atoms. The summed E-state index contributed by atoms with van der Waals surface area (Å²) < 4.78 is 1.66. The summed E-state index contributed by atoms with van der Waals surface area (Å²) in [6, 6.07) is 6.62. The van der Waals surface area contributed by atoms with Crippen LogP contribution in [-0.2, 0) is 11.8 Å². The van der Waals surface area contributed by atoms with Gasteiger partial charge in [0.15, 0.2) is 0 Å². The highest BCUT2D eigenvalue weighted by atomic mass is 16.2. The standard InChI is InChI=1S/C20H27N5O2/c1-21-18(16-13-22-24(2)14-16)19(26)23-17-9-7-15(8-10-17)20(27)25-11-5-3-4-6-12-25/h7-10,13-14,18,21H,3-6,11-12H2,1-2H3,(H,23,26). The van der Waals surface area contributed by atoms with Gasteiger partial charge in [0, 0.05) is 43.1 Å². The molecule has 1 aliphatic heterocycles. The lowest BCUT2D eigenvalue weighted by atomic mass is 10.1. The topological polar surface area (TPSA) is 79.3 Å². The van der Waals surface area contributed by atoms with E-state index in [0.717, 1.165) is 31.5 Å². The van der Waals surface area contributed by atoms with Gasteiger partial charge >= 0.3 is 0 Å². The summed E-state index contributed by atoms with van der Waals surface area (Å²) >= 11 is 0. The van der Waals surface area contributed by atoms with Crippen molar-refractivity contribution in [2.45, 2.75) is 31.7 Å². The lowest BCUT2D eigenvalue weighted by Gasteiger charge is -2.20. The molecule has 2 aromatic rings. The van der Waals surface area contributed by atoms with E-state index in [9.17, 15) is 9.59 Å². The van der Waals surface area contributed by atoms with Crippen LogP contribution in [0.5, 0.6) is 0 Å². The number of hydrogen-bond acceptors (Lipinski definition) is 4. The molecule has 0 aliphatic carbocycles. The molecule has 1 atom stereocenters. The molecule has 1 aromatic heterocycles. The molecule has 27 heavy (non-hydrogen) atoms. The summed E-state index contributed by atoms with van der Waals surface area (Å²) in [7, 11) is 3.55. The van der Waals surface area contributed by atoms with Gasteiger partial charge in [-0.25, -0.2) is 0 Å². The summed E-state index contributed by atoms with van der Waals surface area (Å²) in [6.45, 7) is 1.65. The number of amides is 2. The maximum atomic E-state index is 12.6. The minimum absolute atomic E-state index is 0.0678. The molecular formula is C20H27N5O2. The zero-order chi connectivity index (χ0) is 19.2. The molecule has 2 heterocycles. The molecule has 1 aromatic carbocycles. The third-order valence-corrected chi connectivity index (χ3v) is 4.90. The van der Waals surface area contributed by atoms with Crippen molar-refractivity contribution in [1.82, 2.24) is 20.0 Å². The monoisotopic (exact) mass is 369 g/mol. The Morgan fingerprint density at radius 1 is 1.07 bits per heavy atom. The Morgan fingerprint density at radius 3 is 2.30 bits per heavy atom. The molecule has 0 bridgehead atoms. The van der Waals surface area contributed by atoms with Crippen LogP contribution in [0.3, 0.4) is 0 Å². The van der Waals surface area contributed by atoms with Crippen LogP contribution in [0.2, 0.25) is 0 Å². The Morgan fingerprint density at radius 2 is 1.74 bits per heavy atom. The molecule has 3 rings (SSSR count). The minimum Gasteiger partial charge on any atom is -0.339 e. The van der Waals surface area contributed by atoms with Gasteiger partial charge in [-0.05, 0) is 44.2 Å². The molecule has 1 saturated heterocycles. The average Bonchev–Trinajstić information content (AvgIpc) is 2.93.